The third-order valence-corrected chi connectivity index (χ3v) is 5.73. The third kappa shape index (κ3) is 6.87. The third-order valence-electron chi connectivity index (χ3n) is 5.73. The highest BCUT2D eigenvalue weighted by atomic mass is 16.6. The zero-order chi connectivity index (χ0) is 21.8. The molecule has 2 heterocycles. The lowest BCUT2D eigenvalue weighted by Gasteiger charge is -2.41. The quantitative estimate of drug-likeness (QED) is 0.705. The summed E-state index contributed by atoms with van der Waals surface area (Å²) in [6.07, 6.45) is 1.76. The Morgan fingerprint density at radius 3 is 2.21 bits per heavy atom. The van der Waals surface area contributed by atoms with Crippen molar-refractivity contribution in [3.8, 4) is 0 Å². The van der Waals surface area contributed by atoms with Crippen LogP contribution in [0.3, 0.4) is 0 Å². The van der Waals surface area contributed by atoms with Gasteiger partial charge in [0.2, 0.25) is 11.8 Å². The van der Waals surface area contributed by atoms with E-state index in [-0.39, 0.29) is 23.9 Å². The maximum absolute atomic E-state index is 13.0. The summed E-state index contributed by atoms with van der Waals surface area (Å²) >= 11 is 0. The van der Waals surface area contributed by atoms with E-state index in [1.54, 1.807) is 23.8 Å². The van der Waals surface area contributed by atoms with Crippen LogP contribution in [-0.2, 0) is 14.3 Å². The number of carbonyl (C=O) groups is 3. The summed E-state index contributed by atoms with van der Waals surface area (Å²) in [5.41, 5.74) is -0.503. The van der Waals surface area contributed by atoms with Crippen molar-refractivity contribution >= 4 is 17.9 Å². The molecule has 0 aromatic rings. The number of nitrogens with zero attached hydrogens (tertiary/aromatic N) is 4. The van der Waals surface area contributed by atoms with Crippen molar-refractivity contribution in [1.29, 1.82) is 0 Å². The molecule has 2 aliphatic rings. The van der Waals surface area contributed by atoms with E-state index >= 15 is 0 Å². The van der Waals surface area contributed by atoms with Gasteiger partial charge in [-0.3, -0.25) is 14.5 Å². The minimum atomic E-state index is -0.503. The molecule has 8 nitrogen and oxygen atoms in total. The molecule has 2 unspecified atom stereocenters. The van der Waals surface area contributed by atoms with Crippen LogP contribution in [0.5, 0.6) is 0 Å². The molecule has 0 spiro atoms. The lowest BCUT2D eigenvalue weighted by molar-refractivity contribution is -0.142. The molecule has 29 heavy (non-hydrogen) atoms. The minimum Gasteiger partial charge on any atom is -0.444 e. The summed E-state index contributed by atoms with van der Waals surface area (Å²) in [6, 6.07) is -0.187. The molecule has 0 N–H and O–H groups in total. The van der Waals surface area contributed by atoms with Gasteiger partial charge in [0.1, 0.15) is 5.60 Å². The van der Waals surface area contributed by atoms with Crippen LogP contribution in [0, 0.1) is 5.92 Å². The first-order valence-corrected chi connectivity index (χ1v) is 10.7. The van der Waals surface area contributed by atoms with Gasteiger partial charge in [-0.05, 0) is 53.0 Å². The van der Waals surface area contributed by atoms with Gasteiger partial charge in [-0.1, -0.05) is 0 Å². The molecule has 2 atom stereocenters. The molecule has 0 bridgehead atoms. The number of ether oxygens (including phenoxy) is 1. The second-order valence-corrected chi connectivity index (χ2v) is 9.37. The molecular formula is C21H38N4O4. The van der Waals surface area contributed by atoms with Crippen molar-refractivity contribution in [2.45, 2.75) is 59.1 Å². The lowest BCUT2D eigenvalue weighted by Crippen LogP contribution is -2.56. The SMILES string of the molecule is CC(=O)N1CCN(C(=O)C(C)N2CCCC(CN(C)C(=O)OC(C)(C)C)C2)CC1. The first-order chi connectivity index (χ1) is 13.5. The van der Waals surface area contributed by atoms with E-state index in [0.29, 0.717) is 38.6 Å². The van der Waals surface area contributed by atoms with Crippen LogP contribution in [0.25, 0.3) is 0 Å². The van der Waals surface area contributed by atoms with Crippen molar-refractivity contribution in [2.75, 3.05) is 52.9 Å². The molecule has 2 rings (SSSR count). The van der Waals surface area contributed by atoms with Gasteiger partial charge in [0, 0.05) is 53.2 Å². The van der Waals surface area contributed by atoms with Crippen LogP contribution >= 0.6 is 0 Å². The molecule has 8 heteroatoms. The minimum absolute atomic E-state index is 0.0677. The maximum atomic E-state index is 13.0. The summed E-state index contributed by atoms with van der Waals surface area (Å²) < 4.78 is 5.44. The number of amides is 3. The lowest BCUT2D eigenvalue weighted by atomic mass is 9.96. The fourth-order valence-electron chi connectivity index (χ4n) is 4.06. The largest absolute Gasteiger partial charge is 0.444 e. The Labute approximate surface area is 175 Å². The van der Waals surface area contributed by atoms with Gasteiger partial charge in [-0.15, -0.1) is 0 Å². The first-order valence-electron chi connectivity index (χ1n) is 10.7. The summed E-state index contributed by atoms with van der Waals surface area (Å²) in [7, 11) is 1.77. The second kappa shape index (κ2) is 9.78. The number of carbonyl (C=O) groups excluding carboxylic acids is 3. The van der Waals surface area contributed by atoms with Gasteiger partial charge >= 0.3 is 6.09 Å². The van der Waals surface area contributed by atoms with Gasteiger partial charge in [-0.25, -0.2) is 4.79 Å². The fraction of sp³-hybridized carbons (Fsp3) is 0.857. The van der Waals surface area contributed by atoms with Crippen LogP contribution in [0.1, 0.15) is 47.5 Å². The Bertz CT molecular complexity index is 596. The van der Waals surface area contributed by atoms with Crippen LogP contribution < -0.4 is 0 Å². The number of piperazine rings is 1. The van der Waals surface area contributed by atoms with Gasteiger partial charge in [-0.2, -0.15) is 0 Å². The Kier molecular flexibility index (Phi) is 7.91. The Morgan fingerprint density at radius 2 is 1.66 bits per heavy atom. The Morgan fingerprint density at radius 1 is 1.07 bits per heavy atom. The average molecular weight is 411 g/mol. The number of rotatable bonds is 4. The molecule has 0 aliphatic carbocycles. The Hall–Kier alpha value is -1.83. The highest BCUT2D eigenvalue weighted by molar-refractivity contribution is 5.82. The van der Waals surface area contributed by atoms with Crippen LogP contribution in [0.4, 0.5) is 4.79 Å². The van der Waals surface area contributed by atoms with Crippen LogP contribution in [0.2, 0.25) is 0 Å². The molecule has 0 radical (unpaired) electrons. The highest BCUT2D eigenvalue weighted by Crippen LogP contribution is 2.21. The van der Waals surface area contributed by atoms with E-state index < -0.39 is 5.60 Å². The van der Waals surface area contributed by atoms with E-state index in [4.69, 9.17) is 4.74 Å². The molecule has 0 saturated carbocycles. The smallest absolute Gasteiger partial charge is 0.410 e. The molecule has 2 saturated heterocycles. The number of likely N-dealkylation sites (tertiary alicyclic amines) is 1. The van der Waals surface area contributed by atoms with Crippen molar-refractivity contribution in [1.82, 2.24) is 19.6 Å². The van der Waals surface area contributed by atoms with Crippen molar-refractivity contribution < 1.29 is 19.1 Å². The van der Waals surface area contributed by atoms with Gasteiger partial charge in [0.25, 0.3) is 0 Å². The highest BCUT2D eigenvalue weighted by Gasteiger charge is 2.32. The molecule has 0 aromatic heterocycles. The number of piperidine rings is 1. The Balaban J connectivity index is 1.85. The van der Waals surface area contributed by atoms with Gasteiger partial charge in [0.15, 0.2) is 0 Å². The number of hydrogen-bond acceptors (Lipinski definition) is 5. The normalized spacial score (nSPS) is 22.2. The molecular weight excluding hydrogens is 372 g/mol. The van der Waals surface area contributed by atoms with E-state index in [1.807, 2.05) is 32.6 Å². The molecule has 3 amide bonds. The van der Waals surface area contributed by atoms with Crippen LogP contribution in [-0.4, -0.2) is 102 Å². The predicted molar refractivity (Wildman–Crippen MR) is 111 cm³/mol. The van der Waals surface area contributed by atoms with E-state index in [9.17, 15) is 14.4 Å². The summed E-state index contributed by atoms with van der Waals surface area (Å²) in [5.74, 6) is 0.526. The summed E-state index contributed by atoms with van der Waals surface area (Å²) in [4.78, 5) is 44.2. The van der Waals surface area contributed by atoms with Crippen molar-refractivity contribution in [3.63, 3.8) is 0 Å². The van der Waals surface area contributed by atoms with Gasteiger partial charge < -0.3 is 19.4 Å². The van der Waals surface area contributed by atoms with Crippen molar-refractivity contribution in [2.24, 2.45) is 5.92 Å². The van der Waals surface area contributed by atoms with Gasteiger partial charge in [0.05, 0.1) is 6.04 Å². The average Bonchev–Trinajstić information content (AvgIpc) is 2.65. The monoisotopic (exact) mass is 410 g/mol. The van der Waals surface area contributed by atoms with Crippen LogP contribution in [0.15, 0.2) is 0 Å². The molecule has 166 valence electrons. The van der Waals surface area contributed by atoms with E-state index in [0.717, 1.165) is 25.9 Å². The first kappa shape index (κ1) is 23.4. The number of hydrogen-bond donors (Lipinski definition) is 0. The van der Waals surface area contributed by atoms with Crippen molar-refractivity contribution in [3.05, 3.63) is 0 Å². The summed E-state index contributed by atoms with van der Waals surface area (Å²) in [6.45, 7) is 13.9. The standard InChI is InChI=1S/C21H38N4O4/c1-16(19(27)24-12-10-23(11-13-24)17(2)26)25-9-7-8-18(15-25)14-22(6)20(28)29-21(3,4)5/h16,18H,7-15H2,1-6H3. The summed E-state index contributed by atoms with van der Waals surface area (Å²) in [5, 5.41) is 0. The predicted octanol–water partition coefficient (Wildman–Crippen LogP) is 1.64. The zero-order valence-corrected chi connectivity index (χ0v) is 18.9. The molecule has 0 aromatic carbocycles. The maximum Gasteiger partial charge on any atom is 0.410 e. The molecule has 2 aliphatic heterocycles. The van der Waals surface area contributed by atoms with E-state index in [2.05, 4.69) is 4.90 Å². The van der Waals surface area contributed by atoms with E-state index in [1.165, 1.54) is 0 Å². The fourth-order valence-corrected chi connectivity index (χ4v) is 4.06. The second-order valence-electron chi connectivity index (χ2n) is 9.37. The topological polar surface area (TPSA) is 73.4 Å². The molecule has 2 fully saturated rings. The zero-order valence-electron chi connectivity index (χ0n) is 18.9.